The van der Waals surface area contributed by atoms with Crippen LogP contribution in [0.25, 0.3) is 0 Å². The topological polar surface area (TPSA) is 121 Å². The lowest BCUT2D eigenvalue weighted by Crippen LogP contribution is -2.43. The van der Waals surface area contributed by atoms with Crippen LogP contribution >= 0.6 is 0 Å². The normalized spacial score (nSPS) is 15.4. The molecule has 0 unspecified atom stereocenters. The number of carbonyl (C=O) groups excluding carboxylic acids is 2. The number of piperidine rings is 1. The minimum absolute atomic E-state index is 0.0139. The monoisotopic (exact) mass is 554 g/mol. The first-order chi connectivity index (χ1) is 19.1. The van der Waals surface area contributed by atoms with Gasteiger partial charge >= 0.3 is 12.1 Å². The zero-order chi connectivity index (χ0) is 28.9. The van der Waals surface area contributed by atoms with Crippen molar-refractivity contribution in [2.24, 2.45) is 0 Å². The highest BCUT2D eigenvalue weighted by Gasteiger charge is 2.29. The fourth-order valence-corrected chi connectivity index (χ4v) is 4.44. The van der Waals surface area contributed by atoms with Gasteiger partial charge in [0.1, 0.15) is 5.60 Å². The molecule has 0 spiro atoms. The molecule has 1 N–H and O–H groups in total. The Morgan fingerprint density at radius 2 is 1.88 bits per heavy atom. The Labute approximate surface area is 232 Å². The molecule has 2 aromatic heterocycles. The molecule has 11 nitrogen and oxygen atoms in total. The molecule has 1 fully saturated rings. The number of anilines is 2. The summed E-state index contributed by atoms with van der Waals surface area (Å²) in [6.45, 7) is 6.75. The van der Waals surface area contributed by atoms with Gasteiger partial charge in [-0.2, -0.15) is 5.10 Å². The van der Waals surface area contributed by atoms with Gasteiger partial charge in [0, 0.05) is 31.7 Å². The number of aromatic nitrogens is 4. The van der Waals surface area contributed by atoms with Crippen LogP contribution in [-0.2, 0) is 22.3 Å². The van der Waals surface area contributed by atoms with Crippen molar-refractivity contribution in [2.75, 3.05) is 32.6 Å². The predicted octanol–water partition coefficient (Wildman–Crippen LogP) is 4.71. The van der Waals surface area contributed by atoms with Crippen molar-refractivity contribution in [3.8, 4) is 5.75 Å². The highest BCUT2D eigenvalue weighted by molar-refractivity contribution is 5.90. The van der Waals surface area contributed by atoms with Crippen molar-refractivity contribution < 1.29 is 28.2 Å². The second-order valence-corrected chi connectivity index (χ2v) is 10.6. The van der Waals surface area contributed by atoms with Crippen LogP contribution < -0.4 is 10.1 Å². The number of nitrogens with zero attached hydrogens (tertiary/aromatic N) is 5. The molecule has 1 aliphatic heterocycles. The molecular formula is C28H35FN6O5. The number of amides is 1. The Morgan fingerprint density at radius 3 is 2.55 bits per heavy atom. The maximum atomic E-state index is 14.7. The fraction of sp³-hybridized carbons (Fsp3) is 0.464. The largest absolute Gasteiger partial charge is 0.494 e. The van der Waals surface area contributed by atoms with E-state index in [-0.39, 0.29) is 23.4 Å². The number of nitrogens with one attached hydrogen (secondary N) is 1. The fourth-order valence-electron chi connectivity index (χ4n) is 4.44. The Balaban J connectivity index is 1.35. The average molecular weight is 555 g/mol. The lowest BCUT2D eigenvalue weighted by Gasteiger charge is -2.34. The van der Waals surface area contributed by atoms with Gasteiger partial charge in [-0.1, -0.05) is 0 Å². The molecule has 1 aliphatic rings. The third-order valence-corrected chi connectivity index (χ3v) is 6.42. The maximum Gasteiger partial charge on any atom is 0.410 e. The SMILES string of the molecule is COC(=O)c1cc(CCc2cnc(Nc3cnn([C@@H]4CCCN(C(=O)OC(C)(C)C)C4)c3)nc2)c(F)c(OC)c1. The second kappa shape index (κ2) is 12.3. The summed E-state index contributed by atoms with van der Waals surface area (Å²) in [6.07, 6.45) is 9.11. The number of benzene rings is 1. The Morgan fingerprint density at radius 1 is 1.12 bits per heavy atom. The number of ether oxygens (including phenoxy) is 3. The number of hydrogen-bond donors (Lipinski definition) is 1. The van der Waals surface area contributed by atoms with Crippen molar-refractivity contribution >= 4 is 23.7 Å². The van der Waals surface area contributed by atoms with Crippen molar-refractivity contribution in [1.29, 1.82) is 0 Å². The zero-order valence-corrected chi connectivity index (χ0v) is 23.4. The molecule has 214 valence electrons. The zero-order valence-electron chi connectivity index (χ0n) is 23.4. The molecule has 3 aromatic rings. The number of carbonyl (C=O) groups is 2. The average Bonchev–Trinajstić information content (AvgIpc) is 3.40. The van der Waals surface area contributed by atoms with Gasteiger partial charge in [-0.3, -0.25) is 4.68 Å². The van der Waals surface area contributed by atoms with Crippen molar-refractivity contribution in [1.82, 2.24) is 24.6 Å². The summed E-state index contributed by atoms with van der Waals surface area (Å²) in [5, 5.41) is 7.62. The van der Waals surface area contributed by atoms with Crippen LogP contribution in [0.15, 0.2) is 36.9 Å². The molecule has 0 radical (unpaired) electrons. The van der Waals surface area contributed by atoms with E-state index in [9.17, 15) is 14.0 Å². The molecule has 1 aromatic carbocycles. The van der Waals surface area contributed by atoms with Crippen LogP contribution in [0.1, 0.15) is 61.1 Å². The van der Waals surface area contributed by atoms with Gasteiger partial charge < -0.3 is 24.4 Å². The third kappa shape index (κ3) is 7.25. The molecule has 0 aliphatic carbocycles. The van der Waals surface area contributed by atoms with Crippen LogP contribution in [0.3, 0.4) is 0 Å². The summed E-state index contributed by atoms with van der Waals surface area (Å²) in [6, 6.07) is 2.83. The van der Waals surface area contributed by atoms with Crippen LogP contribution in [-0.4, -0.2) is 69.6 Å². The van der Waals surface area contributed by atoms with Crippen LogP contribution in [0.5, 0.6) is 5.75 Å². The van der Waals surface area contributed by atoms with E-state index >= 15 is 0 Å². The summed E-state index contributed by atoms with van der Waals surface area (Å²) in [7, 11) is 2.62. The van der Waals surface area contributed by atoms with Gasteiger partial charge in [0.2, 0.25) is 5.95 Å². The first-order valence-corrected chi connectivity index (χ1v) is 13.1. The van der Waals surface area contributed by atoms with Gasteiger partial charge in [0.25, 0.3) is 0 Å². The van der Waals surface area contributed by atoms with Gasteiger partial charge in [-0.05, 0) is 69.7 Å². The molecular weight excluding hydrogens is 519 g/mol. The van der Waals surface area contributed by atoms with E-state index in [0.717, 1.165) is 24.1 Å². The highest BCUT2D eigenvalue weighted by atomic mass is 19.1. The number of rotatable bonds is 8. The van der Waals surface area contributed by atoms with E-state index in [1.165, 1.54) is 26.4 Å². The molecule has 0 bridgehead atoms. The number of likely N-dealkylation sites (tertiary alicyclic amines) is 1. The summed E-state index contributed by atoms with van der Waals surface area (Å²) in [5.74, 6) is -0.702. The standard InChI is InChI=1S/C28H35FN6O5/c1-28(2,3)40-27(37)34-10-6-7-22(17-34)35-16-21(15-32-35)33-26-30-13-18(14-31-26)8-9-19-11-20(25(36)39-5)12-23(38-4)24(19)29/h11-16,22H,6-10,17H2,1-5H3,(H,30,31,33)/t22-/m1/s1. The molecule has 1 saturated heterocycles. The number of aryl methyl sites for hydroxylation is 2. The summed E-state index contributed by atoms with van der Waals surface area (Å²) < 4.78 is 31.9. The molecule has 4 rings (SSSR count). The van der Waals surface area contributed by atoms with Gasteiger partial charge in [0.15, 0.2) is 11.6 Å². The summed E-state index contributed by atoms with van der Waals surface area (Å²) in [5.41, 5.74) is 1.53. The minimum Gasteiger partial charge on any atom is -0.494 e. The summed E-state index contributed by atoms with van der Waals surface area (Å²) >= 11 is 0. The van der Waals surface area contributed by atoms with Crippen molar-refractivity contribution in [2.45, 2.75) is 58.1 Å². The number of hydrogen-bond acceptors (Lipinski definition) is 9. The number of methoxy groups -OCH3 is 2. The smallest absolute Gasteiger partial charge is 0.410 e. The maximum absolute atomic E-state index is 14.7. The van der Waals surface area contributed by atoms with Crippen LogP contribution in [0.4, 0.5) is 20.8 Å². The molecule has 0 saturated carbocycles. The van der Waals surface area contributed by atoms with Gasteiger partial charge in [-0.25, -0.2) is 23.9 Å². The Kier molecular flexibility index (Phi) is 8.86. The molecule has 1 atom stereocenters. The van der Waals surface area contributed by atoms with Crippen LogP contribution in [0.2, 0.25) is 0 Å². The van der Waals surface area contributed by atoms with Crippen molar-refractivity contribution in [3.05, 3.63) is 59.4 Å². The number of esters is 1. The van der Waals surface area contributed by atoms with E-state index in [4.69, 9.17) is 14.2 Å². The first-order valence-electron chi connectivity index (χ1n) is 13.1. The van der Waals surface area contributed by atoms with E-state index < -0.39 is 17.4 Å². The highest BCUT2D eigenvalue weighted by Crippen LogP contribution is 2.26. The second-order valence-electron chi connectivity index (χ2n) is 10.6. The lowest BCUT2D eigenvalue weighted by atomic mass is 10.0. The molecule has 40 heavy (non-hydrogen) atoms. The van der Waals surface area contributed by atoms with E-state index in [2.05, 4.69) is 20.4 Å². The lowest BCUT2D eigenvalue weighted by molar-refractivity contribution is 0.0167. The minimum atomic E-state index is -0.564. The molecule has 12 heteroatoms. The van der Waals surface area contributed by atoms with E-state index in [0.29, 0.717) is 37.4 Å². The van der Waals surface area contributed by atoms with Crippen LogP contribution in [0, 0.1) is 5.82 Å². The molecule has 3 heterocycles. The van der Waals surface area contributed by atoms with Crippen molar-refractivity contribution in [3.63, 3.8) is 0 Å². The van der Waals surface area contributed by atoms with E-state index in [1.807, 2.05) is 31.6 Å². The van der Waals surface area contributed by atoms with Gasteiger partial charge in [0.05, 0.1) is 37.7 Å². The summed E-state index contributed by atoms with van der Waals surface area (Å²) in [4.78, 5) is 34.9. The quantitative estimate of drug-likeness (QED) is 0.395. The Bertz CT molecular complexity index is 1340. The molecule has 1 amide bonds. The number of halogens is 1. The predicted molar refractivity (Wildman–Crippen MR) is 145 cm³/mol. The third-order valence-electron chi connectivity index (χ3n) is 6.42. The van der Waals surface area contributed by atoms with Gasteiger partial charge in [-0.15, -0.1) is 0 Å². The first kappa shape index (κ1) is 28.8. The Hall–Kier alpha value is -4.22. The van der Waals surface area contributed by atoms with E-state index in [1.54, 1.807) is 23.5 Å².